The first kappa shape index (κ1) is 29.6. The molecule has 0 radical (unpaired) electrons. The molecule has 1 heterocycles. The molecule has 0 aliphatic heterocycles. The Bertz CT molecular complexity index is 1440. The lowest BCUT2D eigenvalue weighted by atomic mass is 9.97. The van der Waals surface area contributed by atoms with Gasteiger partial charge < -0.3 is 30.4 Å². The van der Waals surface area contributed by atoms with Gasteiger partial charge in [-0.2, -0.15) is 13.2 Å². The number of aliphatic hydroxyl groups is 1. The number of nitrogens with two attached hydrogens (primary N) is 1. The van der Waals surface area contributed by atoms with E-state index < -0.39 is 30.1 Å². The maximum Gasteiger partial charge on any atom is 0.422 e. The Morgan fingerprint density at radius 2 is 1.67 bits per heavy atom. The Balaban J connectivity index is 1.38. The van der Waals surface area contributed by atoms with Crippen molar-refractivity contribution in [2.24, 2.45) is 5.73 Å². The van der Waals surface area contributed by atoms with Gasteiger partial charge in [-0.1, -0.05) is 0 Å². The zero-order valence-electron chi connectivity index (χ0n) is 22.8. The summed E-state index contributed by atoms with van der Waals surface area (Å²) in [5, 5.41) is 14.0. The van der Waals surface area contributed by atoms with Gasteiger partial charge in [-0.25, -0.2) is 9.37 Å². The molecule has 0 saturated heterocycles. The molecule has 0 spiro atoms. The minimum Gasteiger partial charge on any atom is -0.487 e. The number of hydrogen-bond acceptors (Lipinski definition) is 7. The normalized spacial score (nSPS) is 16.5. The molecular weight excluding hydrogens is 558 g/mol. The molecule has 1 aromatic heterocycles. The number of nitrogens with zero attached hydrogens (tertiary/aromatic N) is 1. The summed E-state index contributed by atoms with van der Waals surface area (Å²) in [4.78, 5) is 17.5. The Morgan fingerprint density at radius 1 is 1.02 bits per heavy atom. The van der Waals surface area contributed by atoms with Crippen LogP contribution in [0.4, 0.5) is 17.6 Å². The van der Waals surface area contributed by atoms with Crippen molar-refractivity contribution >= 4 is 5.91 Å². The quantitative estimate of drug-likeness (QED) is 0.255. The van der Waals surface area contributed by atoms with E-state index in [2.05, 4.69) is 10.3 Å². The van der Waals surface area contributed by atoms with Gasteiger partial charge in [0.25, 0.3) is 5.91 Å². The molecule has 5 rings (SSSR count). The third-order valence-electron chi connectivity index (χ3n) is 6.75. The molecule has 1 atom stereocenters. The average molecular weight is 590 g/mol. The van der Waals surface area contributed by atoms with Crippen LogP contribution < -0.4 is 25.3 Å². The lowest BCUT2D eigenvalue weighted by Gasteiger charge is -2.26. The van der Waals surface area contributed by atoms with Gasteiger partial charge in [-0.3, -0.25) is 4.79 Å². The summed E-state index contributed by atoms with van der Waals surface area (Å²) >= 11 is 0. The number of aromatic nitrogens is 1. The summed E-state index contributed by atoms with van der Waals surface area (Å²) in [6, 6.07) is 11.1. The second-order valence-electron chi connectivity index (χ2n) is 10.7. The van der Waals surface area contributed by atoms with Crippen LogP contribution in [0.5, 0.6) is 17.2 Å². The summed E-state index contributed by atoms with van der Waals surface area (Å²) in [6.45, 7) is -0.737. The summed E-state index contributed by atoms with van der Waals surface area (Å²) in [5.41, 5.74) is 4.72. The smallest absolute Gasteiger partial charge is 0.422 e. The molecule has 3 aromatic rings. The van der Waals surface area contributed by atoms with E-state index in [0.29, 0.717) is 17.1 Å². The number of ether oxygens (including phenoxy) is 3. The molecule has 2 fully saturated rings. The molecule has 2 saturated carbocycles. The van der Waals surface area contributed by atoms with Gasteiger partial charge >= 0.3 is 6.18 Å². The highest BCUT2D eigenvalue weighted by Gasteiger charge is 2.33. The van der Waals surface area contributed by atoms with Gasteiger partial charge in [-0.05, 0) is 81.1 Å². The van der Waals surface area contributed by atoms with Crippen LogP contribution in [0.25, 0.3) is 11.3 Å². The molecule has 2 aromatic carbocycles. The van der Waals surface area contributed by atoms with Crippen LogP contribution in [0, 0.1) is 5.82 Å². The van der Waals surface area contributed by atoms with Crippen molar-refractivity contribution in [3.8, 4) is 28.5 Å². The molecule has 224 valence electrons. The fourth-order valence-corrected chi connectivity index (χ4v) is 4.15. The molecule has 12 heteroatoms. The van der Waals surface area contributed by atoms with Crippen molar-refractivity contribution in [3.05, 3.63) is 71.2 Å². The Labute approximate surface area is 239 Å². The van der Waals surface area contributed by atoms with Crippen molar-refractivity contribution in [2.75, 3.05) is 13.2 Å². The van der Waals surface area contributed by atoms with Gasteiger partial charge in [0.1, 0.15) is 17.1 Å². The average Bonchev–Trinajstić information content (AvgIpc) is 3.88. The molecule has 4 N–H and O–H groups in total. The summed E-state index contributed by atoms with van der Waals surface area (Å²) < 4.78 is 69.5. The van der Waals surface area contributed by atoms with E-state index >= 15 is 0 Å². The number of carbonyl (C=O) groups excluding carboxylic acids is 1. The van der Waals surface area contributed by atoms with Crippen molar-refractivity contribution in [3.63, 3.8) is 0 Å². The number of hydrogen-bond donors (Lipinski definition) is 3. The minimum absolute atomic E-state index is 0.0212. The van der Waals surface area contributed by atoms with Crippen LogP contribution in [0.2, 0.25) is 0 Å². The number of carbonyl (C=O) groups is 1. The first-order valence-corrected chi connectivity index (χ1v) is 13.6. The first-order chi connectivity index (χ1) is 19.9. The first-order valence-electron chi connectivity index (χ1n) is 13.6. The molecule has 2 aliphatic rings. The van der Waals surface area contributed by atoms with Crippen LogP contribution in [0.15, 0.2) is 48.5 Å². The van der Waals surface area contributed by atoms with Crippen molar-refractivity contribution < 1.29 is 41.7 Å². The van der Waals surface area contributed by atoms with E-state index in [4.69, 9.17) is 19.9 Å². The van der Waals surface area contributed by atoms with E-state index in [1.165, 1.54) is 25.1 Å². The predicted molar refractivity (Wildman–Crippen MR) is 145 cm³/mol. The molecule has 42 heavy (non-hydrogen) atoms. The zero-order chi connectivity index (χ0) is 30.1. The molecule has 2 aliphatic carbocycles. The second kappa shape index (κ2) is 11.8. The standard InChI is InChI=1S/C30H31F4N3O5/c1-29(39,15-36-28(38)18-4-11-23(41-21-7-8-21)24(12-18)42-22-9-10-22)25-13-19(14-35)27(40-16-30(32,33)34)26(37-25)17-2-5-20(31)6-3-17/h2-6,11-13,21-22,39H,7-10,14-16,35H2,1H3,(H,36,38)/t29-/m0/s1. The largest absolute Gasteiger partial charge is 0.487 e. The van der Waals surface area contributed by atoms with Crippen LogP contribution in [0.3, 0.4) is 0 Å². The summed E-state index contributed by atoms with van der Waals surface area (Å²) in [5.74, 6) is -0.221. The van der Waals surface area contributed by atoms with Crippen molar-refractivity contribution in [2.45, 2.75) is 63.1 Å². The fourth-order valence-electron chi connectivity index (χ4n) is 4.15. The summed E-state index contributed by atoms with van der Waals surface area (Å²) in [6.07, 6.45) is -0.591. The molecular formula is C30H31F4N3O5. The number of benzene rings is 2. The van der Waals surface area contributed by atoms with E-state index in [9.17, 15) is 27.5 Å². The number of alkyl halides is 3. The third-order valence-corrected chi connectivity index (χ3v) is 6.75. The van der Waals surface area contributed by atoms with Gasteiger partial charge in [0.05, 0.1) is 24.4 Å². The van der Waals surface area contributed by atoms with Crippen LogP contribution >= 0.6 is 0 Å². The lowest BCUT2D eigenvalue weighted by Crippen LogP contribution is -2.39. The van der Waals surface area contributed by atoms with E-state index in [-0.39, 0.29) is 53.6 Å². The van der Waals surface area contributed by atoms with E-state index in [0.717, 1.165) is 37.8 Å². The topological polar surface area (TPSA) is 116 Å². The number of amides is 1. The molecule has 0 unspecified atom stereocenters. The molecule has 0 bridgehead atoms. The number of halogens is 4. The van der Waals surface area contributed by atoms with Gasteiger partial charge in [0.2, 0.25) is 0 Å². The van der Waals surface area contributed by atoms with Gasteiger partial charge in [-0.15, -0.1) is 0 Å². The van der Waals surface area contributed by atoms with Gasteiger partial charge in [0, 0.05) is 23.2 Å². The lowest BCUT2D eigenvalue weighted by molar-refractivity contribution is -0.153. The second-order valence-corrected chi connectivity index (χ2v) is 10.7. The number of rotatable bonds is 12. The Kier molecular flexibility index (Phi) is 8.29. The van der Waals surface area contributed by atoms with Crippen LogP contribution in [-0.2, 0) is 12.1 Å². The molecule has 1 amide bonds. The van der Waals surface area contributed by atoms with Gasteiger partial charge in [0.15, 0.2) is 23.9 Å². The minimum atomic E-state index is -4.63. The monoisotopic (exact) mass is 589 g/mol. The Hall–Kier alpha value is -3.90. The highest BCUT2D eigenvalue weighted by Crippen LogP contribution is 2.38. The Morgan fingerprint density at radius 3 is 2.26 bits per heavy atom. The molecule has 8 nitrogen and oxygen atoms in total. The van der Waals surface area contributed by atoms with E-state index in [1.54, 1.807) is 18.2 Å². The van der Waals surface area contributed by atoms with Crippen LogP contribution in [-0.4, -0.2) is 47.5 Å². The third kappa shape index (κ3) is 7.48. The number of nitrogens with one attached hydrogen (secondary N) is 1. The summed E-state index contributed by atoms with van der Waals surface area (Å²) in [7, 11) is 0. The SMILES string of the molecule is C[C@](O)(CNC(=O)c1ccc(OC2CC2)c(OC2CC2)c1)c1cc(CN)c(OCC(F)(F)F)c(-c2ccc(F)cc2)n1. The highest BCUT2D eigenvalue weighted by atomic mass is 19.4. The maximum absolute atomic E-state index is 13.6. The maximum atomic E-state index is 13.6. The van der Waals surface area contributed by atoms with Crippen molar-refractivity contribution in [1.29, 1.82) is 0 Å². The zero-order valence-corrected chi connectivity index (χ0v) is 22.8. The van der Waals surface area contributed by atoms with E-state index in [1.807, 2.05) is 0 Å². The highest BCUT2D eigenvalue weighted by molar-refractivity contribution is 5.95. The predicted octanol–water partition coefficient (Wildman–Crippen LogP) is 5.01. The van der Waals surface area contributed by atoms with Crippen molar-refractivity contribution in [1.82, 2.24) is 10.3 Å². The van der Waals surface area contributed by atoms with Crippen LogP contribution in [0.1, 0.15) is 54.2 Å². The fraction of sp³-hybridized carbons (Fsp3) is 0.400. The number of pyridine rings is 1.